The zero-order valence-electron chi connectivity index (χ0n) is 38.7. The average molecular weight is 926 g/mol. The number of unbranched alkanes of at least 4 members (excludes halogenated alkanes) is 8. The van der Waals surface area contributed by atoms with Crippen molar-refractivity contribution in [2.75, 3.05) is 27.3 Å². The zero-order chi connectivity index (χ0) is 48.7. The Morgan fingerprint density at radius 3 is 1.85 bits per heavy atom. The lowest BCUT2D eigenvalue weighted by molar-refractivity contribution is -0.187. The van der Waals surface area contributed by atoms with Crippen molar-refractivity contribution in [1.82, 2.24) is 5.32 Å². The molecule has 2 N–H and O–H groups in total. The Labute approximate surface area is 392 Å². The highest BCUT2D eigenvalue weighted by molar-refractivity contribution is 5.96. The highest BCUT2D eigenvalue weighted by Crippen LogP contribution is 2.28. The minimum atomic E-state index is -3.06. The van der Waals surface area contributed by atoms with Crippen LogP contribution in [-0.2, 0) is 54.1 Å². The van der Waals surface area contributed by atoms with Gasteiger partial charge in [-0.3, -0.25) is 14.4 Å². The number of allylic oxidation sites excluding steroid dienone is 1. The van der Waals surface area contributed by atoms with Crippen molar-refractivity contribution >= 4 is 41.5 Å². The van der Waals surface area contributed by atoms with Crippen LogP contribution in [-0.4, -0.2) is 85.6 Å². The molecule has 0 aliphatic rings. The largest absolute Gasteiger partial charge is 0.481 e. The van der Waals surface area contributed by atoms with E-state index < -0.39 is 73.3 Å². The molecule has 15 nitrogen and oxygen atoms in total. The molecule has 15 heteroatoms. The Bertz CT molecular complexity index is 2110. The smallest absolute Gasteiger partial charge is 0.342 e. The molecule has 0 heterocycles. The van der Waals surface area contributed by atoms with E-state index in [2.05, 4.69) is 24.1 Å². The molecule has 1 amide bonds. The maximum atomic E-state index is 14.4. The summed E-state index contributed by atoms with van der Waals surface area (Å²) in [6, 6.07) is 20.9. The number of aliphatic hydroxyl groups is 1. The summed E-state index contributed by atoms with van der Waals surface area (Å²) >= 11 is 0. The number of amides is 1. The molecule has 3 rings (SSSR count). The normalized spacial score (nSPS) is 12.5. The number of ketones is 1. The Kier molecular flexibility index (Phi) is 25.4. The number of rotatable bonds is 31. The van der Waals surface area contributed by atoms with Gasteiger partial charge in [-0.25, -0.2) is 19.2 Å². The molecule has 3 atom stereocenters. The Balaban J connectivity index is 1.86. The molecule has 360 valence electrons. The van der Waals surface area contributed by atoms with Gasteiger partial charge in [0.15, 0.2) is 5.60 Å². The zero-order valence-corrected chi connectivity index (χ0v) is 38.7. The number of Topliss-reactive ketones (excluding diaryl/α,β-unsaturated/α-hetero) is 1. The molecule has 0 spiro atoms. The number of esters is 5. The van der Waals surface area contributed by atoms with Gasteiger partial charge >= 0.3 is 29.8 Å². The van der Waals surface area contributed by atoms with Gasteiger partial charge in [0.05, 0.1) is 30.6 Å². The van der Waals surface area contributed by atoms with Gasteiger partial charge in [0.2, 0.25) is 19.5 Å². The molecule has 0 unspecified atom stereocenters. The number of methoxy groups -OCH3 is 1. The second-order valence-electron chi connectivity index (χ2n) is 15.6. The van der Waals surface area contributed by atoms with E-state index in [-0.39, 0.29) is 29.9 Å². The Morgan fingerprint density at radius 1 is 0.716 bits per heavy atom. The number of nitrogens with one attached hydrogen (secondary N) is 1. The lowest BCUT2D eigenvalue weighted by Gasteiger charge is -2.31. The summed E-state index contributed by atoms with van der Waals surface area (Å²) < 4.78 is 31.0. The van der Waals surface area contributed by atoms with E-state index in [0.29, 0.717) is 37.0 Å². The van der Waals surface area contributed by atoms with Crippen LogP contribution in [0.1, 0.15) is 124 Å². The first-order chi connectivity index (χ1) is 32.4. The third-order valence-corrected chi connectivity index (χ3v) is 10.5. The Morgan fingerprint density at radius 2 is 1.28 bits per heavy atom. The lowest BCUT2D eigenvalue weighted by Crippen LogP contribution is -2.56. The van der Waals surface area contributed by atoms with Crippen LogP contribution in [0.2, 0.25) is 0 Å². The molecule has 0 saturated heterocycles. The summed E-state index contributed by atoms with van der Waals surface area (Å²) in [4.78, 5) is 92.5. The van der Waals surface area contributed by atoms with Gasteiger partial charge in [-0.05, 0) is 74.6 Å². The van der Waals surface area contributed by atoms with Crippen molar-refractivity contribution in [2.45, 2.75) is 115 Å². The minimum Gasteiger partial charge on any atom is -0.481 e. The fourth-order valence-corrected chi connectivity index (χ4v) is 6.74. The third-order valence-electron chi connectivity index (χ3n) is 10.5. The van der Waals surface area contributed by atoms with E-state index in [4.69, 9.17) is 28.4 Å². The van der Waals surface area contributed by atoms with E-state index in [9.17, 15) is 38.7 Å². The molecule has 0 aliphatic heterocycles. The molecular weight excluding hydrogens is 863 g/mol. The number of carbonyl (C=O) groups is 7. The topological polar surface area (TPSA) is 207 Å². The first kappa shape index (κ1) is 54.5. The van der Waals surface area contributed by atoms with Crippen molar-refractivity contribution in [3.8, 4) is 17.6 Å². The van der Waals surface area contributed by atoms with Crippen LogP contribution in [0.15, 0.2) is 97.1 Å². The van der Waals surface area contributed by atoms with Crippen LogP contribution in [0, 0.1) is 17.8 Å². The summed E-state index contributed by atoms with van der Waals surface area (Å²) in [6.07, 6.45) is 11.1. The van der Waals surface area contributed by atoms with Crippen LogP contribution in [0.25, 0.3) is 0 Å². The molecule has 3 aromatic carbocycles. The van der Waals surface area contributed by atoms with E-state index in [1.165, 1.54) is 36.8 Å². The number of hydrogen-bond acceptors (Lipinski definition) is 14. The predicted molar refractivity (Wildman–Crippen MR) is 247 cm³/mol. The van der Waals surface area contributed by atoms with Crippen LogP contribution in [0.5, 0.6) is 5.75 Å². The van der Waals surface area contributed by atoms with Crippen molar-refractivity contribution < 1.29 is 67.1 Å². The fourth-order valence-electron chi connectivity index (χ4n) is 6.74. The first-order valence-electron chi connectivity index (χ1n) is 22.6. The number of hydrogen-bond donors (Lipinski definition) is 2. The van der Waals surface area contributed by atoms with E-state index in [0.717, 1.165) is 52.1 Å². The van der Waals surface area contributed by atoms with Crippen LogP contribution >= 0.6 is 0 Å². The van der Waals surface area contributed by atoms with Gasteiger partial charge in [0, 0.05) is 19.3 Å². The summed E-state index contributed by atoms with van der Waals surface area (Å²) in [7, 11) is 1.13. The van der Waals surface area contributed by atoms with E-state index >= 15 is 0 Å². The molecule has 0 aromatic heterocycles. The average Bonchev–Trinajstić information content (AvgIpc) is 3.33. The quantitative estimate of drug-likeness (QED) is 0.0159. The highest BCUT2D eigenvalue weighted by Gasteiger charge is 2.51. The van der Waals surface area contributed by atoms with Crippen LogP contribution < -0.4 is 10.1 Å². The summed E-state index contributed by atoms with van der Waals surface area (Å²) in [6.45, 7) is 2.06. The second kappa shape index (κ2) is 31.2. The van der Waals surface area contributed by atoms with E-state index in [1.54, 1.807) is 73.7 Å². The molecule has 0 fully saturated rings. The first-order valence-corrected chi connectivity index (χ1v) is 22.6. The minimum absolute atomic E-state index is 0.0988. The van der Waals surface area contributed by atoms with Gasteiger partial charge < -0.3 is 38.8 Å². The van der Waals surface area contributed by atoms with E-state index in [1.807, 2.05) is 0 Å². The number of benzene rings is 3. The standard InChI is InChI=1S/C52H63NO14/c1-4-6-8-11-20-27-42(54)28-21-12-9-10-13-22-29-44(47(56)53-45(50(59)62-3)35-39-30-32-43(33-31-39)63-34-7-5-2)52(61,51(60)67-38-66-49(58)41-25-18-15-19-26-41)36-46(55)64-37-65-48(57)40-23-16-14-17-24-40/h14-19,22-26,29-33,44-45,61H,4,6,8-13,20-21,27-28,34-38H2,1-3H3,(H,53,56)/t44-,45+,52+/m1/s1. The third kappa shape index (κ3) is 20.5. The van der Waals surface area contributed by atoms with Gasteiger partial charge in [-0.1, -0.05) is 112 Å². The molecule has 0 aliphatic carbocycles. The molecular formula is C52H63NO14. The number of ether oxygens (including phenoxy) is 6. The van der Waals surface area contributed by atoms with Gasteiger partial charge in [-0.2, -0.15) is 0 Å². The second-order valence-corrected chi connectivity index (χ2v) is 15.6. The number of carbonyl (C=O) groups excluding carboxylic acids is 7. The monoisotopic (exact) mass is 925 g/mol. The van der Waals surface area contributed by atoms with Crippen LogP contribution in [0.4, 0.5) is 0 Å². The highest BCUT2D eigenvalue weighted by atomic mass is 16.7. The van der Waals surface area contributed by atoms with Crippen molar-refractivity contribution in [1.29, 1.82) is 0 Å². The summed E-state index contributed by atoms with van der Waals surface area (Å²) in [5.41, 5.74) is -2.18. The maximum Gasteiger partial charge on any atom is 0.342 e. The lowest BCUT2D eigenvalue weighted by atomic mass is 9.82. The Hall–Kier alpha value is -6.79. The van der Waals surface area contributed by atoms with Gasteiger partial charge in [0.1, 0.15) is 24.2 Å². The summed E-state index contributed by atoms with van der Waals surface area (Å²) in [5, 5.41) is 14.8. The summed E-state index contributed by atoms with van der Waals surface area (Å²) in [5.74, 6) is -2.11. The predicted octanol–water partition coefficient (Wildman–Crippen LogP) is 7.57. The molecule has 0 radical (unpaired) electrons. The van der Waals surface area contributed by atoms with Crippen molar-refractivity contribution in [3.05, 3.63) is 114 Å². The van der Waals surface area contributed by atoms with Gasteiger partial charge in [-0.15, -0.1) is 5.92 Å². The SMILES string of the molecule is CC#CCOc1ccc(C[C@H](NC(=O)[C@@H](C=CCCCCCCC(=O)CCCCCCC)[C@@](O)(CC(=O)OCOC(=O)c2ccccc2)C(=O)OCOC(=O)c2ccccc2)C(=O)OC)cc1. The molecule has 0 bridgehead atoms. The molecule has 67 heavy (non-hydrogen) atoms. The molecule has 0 saturated carbocycles. The van der Waals surface area contributed by atoms with Crippen LogP contribution in [0.3, 0.4) is 0 Å². The fraction of sp³-hybridized carbons (Fsp3) is 0.442. The van der Waals surface area contributed by atoms with Crippen molar-refractivity contribution in [2.24, 2.45) is 5.92 Å². The van der Waals surface area contributed by atoms with Crippen molar-refractivity contribution in [3.63, 3.8) is 0 Å². The van der Waals surface area contributed by atoms with Gasteiger partial charge in [0.25, 0.3) is 0 Å². The molecule has 3 aromatic rings. The maximum absolute atomic E-state index is 14.4.